The van der Waals surface area contributed by atoms with Crippen LogP contribution in [0.25, 0.3) is 0 Å². The number of nitriles is 1. The zero-order valence-electron chi connectivity index (χ0n) is 65.6. The predicted molar refractivity (Wildman–Crippen MR) is 413 cm³/mol. The number of anilines is 6. The second-order valence-corrected chi connectivity index (χ2v) is 32.6. The van der Waals surface area contributed by atoms with Crippen molar-refractivity contribution in [3.63, 3.8) is 0 Å². The van der Waals surface area contributed by atoms with Gasteiger partial charge in [-0.15, -0.1) is 0 Å². The van der Waals surface area contributed by atoms with Gasteiger partial charge in [0.15, 0.2) is 11.6 Å². The third-order valence-corrected chi connectivity index (χ3v) is 20.5. The molecular formula is C75H103Cl3F10N20O7. The topological polar surface area (TPSA) is 373 Å². The Balaban J connectivity index is 0.000000197. The summed E-state index contributed by atoms with van der Waals surface area (Å²) in [4.78, 5) is 71.3. The van der Waals surface area contributed by atoms with Crippen LogP contribution < -0.4 is 37.2 Å². The Bertz CT molecular complexity index is 4100. The molecule has 115 heavy (non-hydrogen) atoms. The number of nitrogens with one attached hydrogen (secondary N) is 8. The van der Waals surface area contributed by atoms with Gasteiger partial charge in [-0.3, -0.25) is 24.9 Å². The SMILES string of the molecule is CN(c1nccc(Nc2cc(C3CCC(F)(F)C3)[nH]n2)n1)C1CCC(NC(=O)OC(C)(C)C)CC1.CNC1CCC(NC(=O)OC(C)(C)C)CC1.COC(=O)C1CCC(F)(F)C1.Clc1ccnc(Cl)n1.FC1(F)CCC(c2cc(Nc3ccnc(Cl)n3)n[nH]2)C1.N#CCC(=O)C1CCC(F)(F)C1.Nc1cc(C2CCC(F)(F)C2)[nH]n1. The monoisotopic (exact) mass is 1690 g/mol. The number of H-pyrrole nitrogens is 3. The van der Waals surface area contributed by atoms with E-state index >= 15 is 0 Å². The van der Waals surface area contributed by atoms with Crippen molar-refractivity contribution in [2.24, 2.45) is 11.8 Å². The molecule has 0 radical (unpaired) electrons. The summed E-state index contributed by atoms with van der Waals surface area (Å²) in [5.41, 5.74) is 6.62. The van der Waals surface area contributed by atoms with E-state index in [-0.39, 0.29) is 148 Å². The molecule has 7 aliphatic carbocycles. The number of nitrogens with two attached hydrogens (primary N) is 1. The van der Waals surface area contributed by atoms with Crippen molar-refractivity contribution in [1.82, 2.24) is 76.4 Å². The van der Waals surface area contributed by atoms with Crippen molar-refractivity contribution >= 4 is 93.8 Å². The molecule has 7 fully saturated rings. The van der Waals surface area contributed by atoms with Crippen LogP contribution in [-0.2, 0) is 23.8 Å². The molecular weight excluding hydrogens is 1590 g/mol. The number of methoxy groups -OCH3 is 1. The van der Waals surface area contributed by atoms with Gasteiger partial charge in [0.2, 0.25) is 46.1 Å². The predicted octanol–water partition coefficient (Wildman–Crippen LogP) is 17.8. The number of alkyl halides is 10. The fraction of sp³-hybridized carbons (Fsp3) is 0.653. The highest BCUT2D eigenvalue weighted by Gasteiger charge is 2.46. The number of aromatic amines is 3. The Kier molecular flexibility index (Phi) is 34.1. The zero-order valence-corrected chi connectivity index (χ0v) is 67.9. The fourth-order valence-corrected chi connectivity index (χ4v) is 14.5. The van der Waals surface area contributed by atoms with Crippen molar-refractivity contribution in [2.75, 3.05) is 42.5 Å². The third kappa shape index (κ3) is 33.1. The highest BCUT2D eigenvalue weighted by molar-refractivity contribution is 6.31. The number of hydrogen-bond donors (Lipinski definition) is 9. The number of alkyl carbamates (subject to hydrolysis) is 2. The van der Waals surface area contributed by atoms with Gasteiger partial charge in [0, 0.05) is 173 Å². The molecule has 5 atom stereocenters. The number of carbonyl (C=O) groups excluding carboxylic acids is 4. The van der Waals surface area contributed by atoms with Crippen LogP contribution in [0.15, 0.2) is 55.0 Å². The van der Waals surface area contributed by atoms with Crippen molar-refractivity contribution in [1.29, 1.82) is 5.26 Å². The quantitative estimate of drug-likeness (QED) is 0.0152. The summed E-state index contributed by atoms with van der Waals surface area (Å²) in [5.74, 6) is -12.4. The van der Waals surface area contributed by atoms with Crippen LogP contribution in [0.4, 0.5) is 88.5 Å². The van der Waals surface area contributed by atoms with Gasteiger partial charge in [0.1, 0.15) is 39.6 Å². The summed E-state index contributed by atoms with van der Waals surface area (Å²) in [6.07, 6.45) is 11.8. The molecule has 636 valence electrons. The highest BCUT2D eigenvalue weighted by atomic mass is 35.5. The Labute approximate surface area is 676 Å². The van der Waals surface area contributed by atoms with E-state index < -0.39 is 58.6 Å². The molecule has 0 saturated heterocycles. The summed E-state index contributed by atoms with van der Waals surface area (Å²) < 4.78 is 144. The number of carbonyl (C=O) groups is 4. The largest absolute Gasteiger partial charge is 0.469 e. The maximum Gasteiger partial charge on any atom is 0.407 e. The minimum absolute atomic E-state index is 0.0312. The maximum atomic E-state index is 13.5. The molecule has 2 amide bonds. The summed E-state index contributed by atoms with van der Waals surface area (Å²) in [6, 6.07) is 13.0. The lowest BCUT2D eigenvalue weighted by atomic mass is 9.90. The molecule has 27 nitrogen and oxygen atoms in total. The first-order valence-corrected chi connectivity index (χ1v) is 39.2. The van der Waals surface area contributed by atoms with Gasteiger partial charge >= 0.3 is 18.2 Å². The van der Waals surface area contributed by atoms with E-state index in [0.717, 1.165) is 57.1 Å². The second kappa shape index (κ2) is 42.0. The normalized spacial score (nSPS) is 23.8. The molecule has 6 aromatic heterocycles. The van der Waals surface area contributed by atoms with Gasteiger partial charge in [0.25, 0.3) is 0 Å². The summed E-state index contributed by atoms with van der Waals surface area (Å²) in [7, 11) is 5.18. The molecule has 0 bridgehead atoms. The molecule has 7 saturated carbocycles. The number of amides is 2. The molecule has 7 aliphatic rings. The van der Waals surface area contributed by atoms with Crippen LogP contribution in [0, 0.1) is 23.2 Å². The average Bonchev–Trinajstić information content (AvgIpc) is 1.72. The summed E-state index contributed by atoms with van der Waals surface area (Å²) in [6.45, 7) is 11.2. The first-order valence-electron chi connectivity index (χ1n) is 38.0. The van der Waals surface area contributed by atoms with E-state index in [2.05, 4.69) is 96.7 Å². The van der Waals surface area contributed by atoms with Gasteiger partial charge in [-0.25, -0.2) is 78.4 Å². The van der Waals surface area contributed by atoms with Crippen LogP contribution in [0.1, 0.15) is 230 Å². The van der Waals surface area contributed by atoms with Gasteiger partial charge < -0.3 is 51.4 Å². The van der Waals surface area contributed by atoms with Crippen molar-refractivity contribution < 1.29 is 77.3 Å². The molecule has 0 aromatic carbocycles. The molecule has 40 heteroatoms. The fourth-order valence-electron chi connectivity index (χ4n) is 14.0. The zero-order chi connectivity index (χ0) is 84.7. The van der Waals surface area contributed by atoms with E-state index in [1.54, 1.807) is 48.7 Å². The van der Waals surface area contributed by atoms with Gasteiger partial charge in [-0.2, -0.15) is 25.5 Å². The summed E-state index contributed by atoms with van der Waals surface area (Å²) >= 11 is 16.4. The first-order chi connectivity index (χ1) is 53.8. The Morgan fingerprint density at radius 2 is 0.939 bits per heavy atom. The van der Waals surface area contributed by atoms with E-state index in [0.29, 0.717) is 76.9 Å². The lowest BCUT2D eigenvalue weighted by molar-refractivity contribution is -0.146. The number of ether oxygens (including phenoxy) is 3. The van der Waals surface area contributed by atoms with Gasteiger partial charge in [-0.05, 0) is 173 Å². The third-order valence-electron chi connectivity index (χ3n) is 19.9. The Morgan fingerprint density at radius 1 is 0.539 bits per heavy atom. The van der Waals surface area contributed by atoms with E-state index in [1.807, 2.05) is 55.6 Å². The molecule has 6 aromatic rings. The van der Waals surface area contributed by atoms with Crippen LogP contribution in [0.3, 0.4) is 0 Å². The average molecular weight is 1690 g/mol. The molecule has 6 heterocycles. The highest BCUT2D eigenvalue weighted by Crippen LogP contribution is 2.47. The number of nitrogen functional groups attached to an aromatic ring is 1. The van der Waals surface area contributed by atoms with Crippen molar-refractivity contribution in [3.8, 4) is 6.07 Å². The minimum Gasteiger partial charge on any atom is -0.469 e. The number of nitrogens with zero attached hydrogens (tertiary/aromatic N) is 11. The van der Waals surface area contributed by atoms with Crippen molar-refractivity contribution in [2.45, 2.75) is 278 Å². The number of esters is 1. The van der Waals surface area contributed by atoms with Crippen LogP contribution in [0.2, 0.25) is 15.7 Å². The maximum absolute atomic E-state index is 13.5. The Morgan fingerprint density at radius 3 is 1.31 bits per heavy atom. The Hall–Kier alpha value is -8.63. The number of aromatic nitrogens is 12. The van der Waals surface area contributed by atoms with E-state index in [9.17, 15) is 63.1 Å². The molecule has 10 N–H and O–H groups in total. The van der Waals surface area contributed by atoms with Crippen LogP contribution >= 0.6 is 34.8 Å². The van der Waals surface area contributed by atoms with Crippen LogP contribution in [0.5, 0.6) is 0 Å². The number of halogens is 13. The smallest absolute Gasteiger partial charge is 0.407 e. The molecule has 5 unspecified atom stereocenters. The lowest BCUT2D eigenvalue weighted by Crippen LogP contribution is -2.44. The van der Waals surface area contributed by atoms with E-state index in [4.69, 9.17) is 55.3 Å². The number of ketones is 1. The van der Waals surface area contributed by atoms with Gasteiger partial charge in [-0.1, -0.05) is 11.6 Å². The van der Waals surface area contributed by atoms with Gasteiger partial charge in [0.05, 0.1) is 25.5 Å². The number of rotatable bonds is 15. The van der Waals surface area contributed by atoms with Crippen LogP contribution in [-0.4, -0.2) is 171 Å². The minimum atomic E-state index is -2.68. The van der Waals surface area contributed by atoms with Crippen molar-refractivity contribution in [3.05, 3.63) is 87.8 Å². The first kappa shape index (κ1) is 93.5. The molecule has 0 spiro atoms. The van der Waals surface area contributed by atoms with E-state index in [1.165, 1.54) is 19.5 Å². The number of Topliss-reactive ketones (excluding diaryl/α,β-unsaturated/α-hetero) is 1. The molecule has 13 rings (SSSR count). The standard InChI is InChI=1S/C24H35F2N7O2.C12H12ClF2N5.C12H24N2O2.C8H11F2N3.C8H9F2NO.C7H10F2O2.C4H2Cl2N2/c1-23(2,3)35-22(34)28-16-5-7-17(8-6-16)33(4)21-27-12-10-19(30-21)29-20-13-18(31-32-20)15-9-11-24(25,26)14-15;13-11-16-4-2-9(18-11)17-10-5-8(19-20-10)7-1-3-12(14,15)6-7;1-12(2,3)16-11(15)14-10-7-5-9(13-4)6-8-10;9-8(10)2-1-5(4-8)6-3-7(11)13-12-6;9-8(10)3-1-6(5-8)7(12)2-4-11;1-11-6(10)5-2-3-7(8,9)4-5;5-3-1-2-7-4(6)8-3/h10,12-13,15-17H,5-9,11,14H2,1-4H3,(H,28,34)(H2,27,29,30,31,32);2,4-5,7H,1,3,6H2,(H2,16,17,18,19,20);9-10,13H,5-8H2,1-4H3,(H,14,15);3,5H,1-2,4H2,(H3,11,12,13);6H,1-3,5H2;5H,2-4H2,1H3;1-2H. The number of hydrogen-bond acceptors (Lipinski definition) is 22. The summed E-state index contributed by atoms with van der Waals surface area (Å²) in [5, 5.41) is 44.4. The molecule has 0 aliphatic heterocycles. The lowest BCUT2D eigenvalue weighted by Gasteiger charge is -2.35. The second-order valence-electron chi connectivity index (χ2n) is 31.6.